The van der Waals surface area contributed by atoms with E-state index in [0.717, 1.165) is 25.7 Å². The molecule has 4 nitrogen and oxygen atoms in total. The minimum absolute atomic E-state index is 0.0160. The molecule has 1 amide bonds. The molecular formula is C11H21NO3. The second-order valence-electron chi connectivity index (χ2n) is 4.16. The van der Waals surface area contributed by atoms with Gasteiger partial charge >= 0.3 is 0 Å². The van der Waals surface area contributed by atoms with Crippen LogP contribution in [0.1, 0.15) is 32.1 Å². The van der Waals surface area contributed by atoms with Crippen LogP contribution in [0.25, 0.3) is 0 Å². The molecule has 88 valence electrons. The summed E-state index contributed by atoms with van der Waals surface area (Å²) in [6.07, 6.45) is 5.26. The largest absolute Gasteiger partial charge is 0.395 e. The van der Waals surface area contributed by atoms with Crippen molar-refractivity contribution in [3.05, 3.63) is 0 Å². The lowest BCUT2D eigenvalue weighted by Gasteiger charge is -2.27. The zero-order chi connectivity index (χ0) is 11.1. The van der Waals surface area contributed by atoms with Gasteiger partial charge in [-0.1, -0.05) is 0 Å². The van der Waals surface area contributed by atoms with Gasteiger partial charge in [0.2, 0.25) is 5.91 Å². The van der Waals surface area contributed by atoms with Crippen molar-refractivity contribution >= 4 is 5.91 Å². The van der Waals surface area contributed by atoms with Crippen molar-refractivity contribution in [2.45, 2.75) is 38.2 Å². The van der Waals surface area contributed by atoms with Crippen molar-refractivity contribution in [3.63, 3.8) is 0 Å². The molecule has 0 aromatic heterocycles. The molecule has 0 bridgehead atoms. The standard InChI is InChI=1S/C11H21NO3/c1-15-10-4-2-9(3-5-10)8-11(14)12-6-7-13/h9-10,13H,2-8H2,1H3,(H,12,14). The van der Waals surface area contributed by atoms with Crippen LogP contribution >= 0.6 is 0 Å². The molecule has 0 saturated heterocycles. The van der Waals surface area contributed by atoms with Crippen LogP contribution in [-0.2, 0) is 9.53 Å². The fourth-order valence-electron chi connectivity index (χ4n) is 2.10. The minimum Gasteiger partial charge on any atom is -0.395 e. The van der Waals surface area contributed by atoms with Crippen LogP contribution in [0.5, 0.6) is 0 Å². The maximum atomic E-state index is 11.4. The van der Waals surface area contributed by atoms with Gasteiger partial charge < -0.3 is 15.2 Å². The Morgan fingerprint density at radius 1 is 1.40 bits per heavy atom. The first-order chi connectivity index (χ1) is 7.26. The highest BCUT2D eigenvalue weighted by atomic mass is 16.5. The molecule has 15 heavy (non-hydrogen) atoms. The highest BCUT2D eigenvalue weighted by molar-refractivity contribution is 5.76. The maximum Gasteiger partial charge on any atom is 0.220 e. The predicted octanol–water partition coefficient (Wildman–Crippen LogP) is 0.690. The predicted molar refractivity (Wildman–Crippen MR) is 57.5 cm³/mol. The molecule has 0 unspecified atom stereocenters. The van der Waals surface area contributed by atoms with Crippen molar-refractivity contribution in [3.8, 4) is 0 Å². The van der Waals surface area contributed by atoms with Crippen molar-refractivity contribution in [1.29, 1.82) is 0 Å². The molecule has 1 rings (SSSR count). The molecule has 0 aliphatic heterocycles. The lowest BCUT2D eigenvalue weighted by molar-refractivity contribution is -0.122. The number of hydrogen-bond donors (Lipinski definition) is 2. The zero-order valence-corrected chi connectivity index (χ0v) is 9.37. The van der Waals surface area contributed by atoms with Gasteiger partial charge in [-0.3, -0.25) is 4.79 Å². The third-order valence-electron chi connectivity index (χ3n) is 3.04. The third-order valence-corrected chi connectivity index (χ3v) is 3.04. The van der Waals surface area contributed by atoms with Crippen LogP contribution < -0.4 is 5.32 Å². The molecule has 1 aliphatic carbocycles. The summed E-state index contributed by atoms with van der Waals surface area (Å²) < 4.78 is 5.28. The first kappa shape index (κ1) is 12.5. The normalized spacial score (nSPS) is 26.3. The second-order valence-corrected chi connectivity index (χ2v) is 4.16. The second kappa shape index (κ2) is 6.80. The lowest BCUT2D eigenvalue weighted by atomic mass is 9.85. The summed E-state index contributed by atoms with van der Waals surface area (Å²) in [6.45, 7) is 0.383. The van der Waals surface area contributed by atoms with E-state index >= 15 is 0 Å². The molecule has 2 N–H and O–H groups in total. The maximum absolute atomic E-state index is 11.4. The number of nitrogens with one attached hydrogen (secondary N) is 1. The molecule has 1 fully saturated rings. The number of rotatable bonds is 5. The van der Waals surface area contributed by atoms with Crippen LogP contribution in [0.15, 0.2) is 0 Å². The van der Waals surface area contributed by atoms with Crippen LogP contribution in [-0.4, -0.2) is 37.4 Å². The van der Waals surface area contributed by atoms with Crippen LogP contribution in [0.3, 0.4) is 0 Å². The summed E-state index contributed by atoms with van der Waals surface area (Å²) in [7, 11) is 1.75. The molecule has 0 spiro atoms. The van der Waals surface area contributed by atoms with E-state index < -0.39 is 0 Å². The fourth-order valence-corrected chi connectivity index (χ4v) is 2.10. The molecular weight excluding hydrogens is 194 g/mol. The molecule has 0 aromatic carbocycles. The van der Waals surface area contributed by atoms with Gasteiger partial charge in [0.15, 0.2) is 0 Å². The minimum atomic E-state index is 0.0160. The van der Waals surface area contributed by atoms with E-state index in [1.807, 2.05) is 0 Å². The molecule has 1 aliphatic rings. The summed E-state index contributed by atoms with van der Waals surface area (Å²) >= 11 is 0. The SMILES string of the molecule is COC1CCC(CC(=O)NCCO)CC1. The summed E-state index contributed by atoms with van der Waals surface area (Å²) in [5, 5.41) is 11.2. The van der Waals surface area contributed by atoms with Crippen molar-refractivity contribution in [1.82, 2.24) is 5.32 Å². The van der Waals surface area contributed by atoms with Crippen molar-refractivity contribution in [2.24, 2.45) is 5.92 Å². The molecule has 1 saturated carbocycles. The monoisotopic (exact) mass is 215 g/mol. The molecule has 0 aromatic rings. The average molecular weight is 215 g/mol. The summed E-state index contributed by atoms with van der Waals surface area (Å²) in [4.78, 5) is 11.4. The number of aliphatic hydroxyl groups is 1. The van der Waals surface area contributed by atoms with Gasteiger partial charge in [0.1, 0.15) is 0 Å². The van der Waals surface area contributed by atoms with Crippen molar-refractivity contribution in [2.75, 3.05) is 20.3 Å². The summed E-state index contributed by atoms with van der Waals surface area (Å²) in [5.41, 5.74) is 0. The Kier molecular flexibility index (Phi) is 5.65. The molecule has 0 radical (unpaired) electrons. The quantitative estimate of drug-likeness (QED) is 0.709. The van der Waals surface area contributed by atoms with Crippen LogP contribution in [0.4, 0.5) is 0 Å². The zero-order valence-electron chi connectivity index (χ0n) is 9.37. The highest BCUT2D eigenvalue weighted by Crippen LogP contribution is 2.27. The van der Waals surface area contributed by atoms with E-state index in [2.05, 4.69) is 5.32 Å². The number of hydrogen-bond acceptors (Lipinski definition) is 3. The molecule has 4 heteroatoms. The number of carbonyl (C=O) groups is 1. The Hall–Kier alpha value is -0.610. The Labute approximate surface area is 91.0 Å². The Morgan fingerprint density at radius 3 is 2.60 bits per heavy atom. The first-order valence-corrected chi connectivity index (χ1v) is 5.66. The highest BCUT2D eigenvalue weighted by Gasteiger charge is 2.22. The van der Waals surface area contributed by atoms with Gasteiger partial charge in [-0.25, -0.2) is 0 Å². The topological polar surface area (TPSA) is 58.6 Å². The van der Waals surface area contributed by atoms with E-state index in [0.29, 0.717) is 25.0 Å². The van der Waals surface area contributed by atoms with Gasteiger partial charge in [0, 0.05) is 20.1 Å². The molecule has 0 heterocycles. The number of carbonyl (C=O) groups excluding carboxylic acids is 1. The van der Waals surface area contributed by atoms with Gasteiger partial charge in [-0.15, -0.1) is 0 Å². The van der Waals surface area contributed by atoms with E-state index in [4.69, 9.17) is 9.84 Å². The number of amides is 1. The van der Waals surface area contributed by atoms with E-state index in [1.54, 1.807) is 7.11 Å². The van der Waals surface area contributed by atoms with E-state index in [9.17, 15) is 4.79 Å². The van der Waals surface area contributed by atoms with Crippen molar-refractivity contribution < 1.29 is 14.6 Å². The first-order valence-electron chi connectivity index (χ1n) is 5.66. The Balaban J connectivity index is 2.15. The number of methoxy groups -OCH3 is 1. The Bertz CT molecular complexity index is 188. The smallest absolute Gasteiger partial charge is 0.220 e. The van der Waals surface area contributed by atoms with E-state index in [1.165, 1.54) is 0 Å². The van der Waals surface area contributed by atoms with Gasteiger partial charge in [0.05, 0.1) is 12.7 Å². The van der Waals surface area contributed by atoms with Crippen LogP contribution in [0.2, 0.25) is 0 Å². The summed E-state index contributed by atoms with van der Waals surface area (Å²) in [6, 6.07) is 0. The number of aliphatic hydroxyl groups excluding tert-OH is 1. The Morgan fingerprint density at radius 2 is 2.07 bits per heavy atom. The molecule has 0 atom stereocenters. The van der Waals surface area contributed by atoms with Crippen LogP contribution in [0, 0.1) is 5.92 Å². The third kappa shape index (κ3) is 4.62. The summed E-state index contributed by atoms with van der Waals surface area (Å²) in [5.74, 6) is 0.556. The van der Waals surface area contributed by atoms with Gasteiger partial charge in [-0.2, -0.15) is 0 Å². The fraction of sp³-hybridized carbons (Fsp3) is 0.909. The average Bonchev–Trinajstić information content (AvgIpc) is 2.27. The van der Waals surface area contributed by atoms with E-state index in [-0.39, 0.29) is 12.5 Å². The lowest BCUT2D eigenvalue weighted by Crippen LogP contribution is -2.30. The number of ether oxygens (including phenoxy) is 1. The van der Waals surface area contributed by atoms with Gasteiger partial charge in [-0.05, 0) is 31.6 Å². The van der Waals surface area contributed by atoms with Gasteiger partial charge in [0.25, 0.3) is 0 Å².